The SMILES string of the molecule is CCN(Cc1ccccc1)c1cncc(C(=O)Nc2cc(Cl)ccc2OC)c1. The molecule has 2 aromatic carbocycles. The first-order valence-electron chi connectivity index (χ1n) is 8.99. The zero-order chi connectivity index (χ0) is 19.9. The summed E-state index contributed by atoms with van der Waals surface area (Å²) in [6, 6.07) is 17.1. The molecule has 0 aliphatic carbocycles. The molecule has 0 saturated carbocycles. The molecule has 0 spiro atoms. The molecule has 3 rings (SSSR count). The van der Waals surface area contributed by atoms with Crippen molar-refractivity contribution in [1.29, 1.82) is 0 Å². The van der Waals surface area contributed by atoms with Crippen LogP contribution in [0.25, 0.3) is 0 Å². The predicted octanol–water partition coefficient (Wildman–Crippen LogP) is 5.02. The molecular formula is C22H22ClN3O2. The van der Waals surface area contributed by atoms with Crippen LogP contribution in [-0.4, -0.2) is 24.5 Å². The summed E-state index contributed by atoms with van der Waals surface area (Å²) >= 11 is 6.04. The minimum absolute atomic E-state index is 0.273. The zero-order valence-electron chi connectivity index (χ0n) is 15.9. The number of carbonyl (C=O) groups is 1. The fraction of sp³-hybridized carbons (Fsp3) is 0.182. The van der Waals surface area contributed by atoms with Crippen LogP contribution in [0.4, 0.5) is 11.4 Å². The van der Waals surface area contributed by atoms with Gasteiger partial charge in [0.25, 0.3) is 5.91 Å². The Bertz CT molecular complexity index is 948. The number of rotatable bonds is 7. The minimum atomic E-state index is -0.273. The van der Waals surface area contributed by atoms with Crippen molar-refractivity contribution in [3.8, 4) is 5.75 Å². The highest BCUT2D eigenvalue weighted by molar-refractivity contribution is 6.31. The van der Waals surface area contributed by atoms with E-state index in [9.17, 15) is 4.79 Å². The normalized spacial score (nSPS) is 10.4. The summed E-state index contributed by atoms with van der Waals surface area (Å²) in [7, 11) is 1.55. The molecule has 0 saturated heterocycles. The van der Waals surface area contributed by atoms with Crippen molar-refractivity contribution in [2.75, 3.05) is 23.9 Å². The Labute approximate surface area is 169 Å². The van der Waals surface area contributed by atoms with Gasteiger partial charge in [-0.25, -0.2) is 0 Å². The second-order valence-corrected chi connectivity index (χ2v) is 6.67. The topological polar surface area (TPSA) is 54.5 Å². The highest BCUT2D eigenvalue weighted by atomic mass is 35.5. The van der Waals surface area contributed by atoms with Crippen molar-refractivity contribution < 1.29 is 9.53 Å². The molecule has 5 nitrogen and oxygen atoms in total. The van der Waals surface area contributed by atoms with Crippen molar-refractivity contribution in [2.24, 2.45) is 0 Å². The van der Waals surface area contributed by atoms with Gasteiger partial charge in [0.2, 0.25) is 0 Å². The van der Waals surface area contributed by atoms with Gasteiger partial charge in [0, 0.05) is 24.3 Å². The van der Waals surface area contributed by atoms with E-state index in [2.05, 4.69) is 34.3 Å². The van der Waals surface area contributed by atoms with Crippen molar-refractivity contribution in [3.63, 3.8) is 0 Å². The molecule has 1 amide bonds. The van der Waals surface area contributed by atoms with Crippen LogP contribution in [0, 0.1) is 0 Å². The molecule has 6 heteroatoms. The Balaban J connectivity index is 1.80. The monoisotopic (exact) mass is 395 g/mol. The maximum Gasteiger partial charge on any atom is 0.257 e. The molecule has 0 fully saturated rings. The van der Waals surface area contributed by atoms with E-state index in [1.54, 1.807) is 37.7 Å². The van der Waals surface area contributed by atoms with Crippen LogP contribution in [0.5, 0.6) is 5.75 Å². The van der Waals surface area contributed by atoms with Crippen LogP contribution in [0.3, 0.4) is 0 Å². The van der Waals surface area contributed by atoms with E-state index in [1.807, 2.05) is 24.3 Å². The molecule has 28 heavy (non-hydrogen) atoms. The van der Waals surface area contributed by atoms with E-state index in [1.165, 1.54) is 5.56 Å². The lowest BCUT2D eigenvalue weighted by Gasteiger charge is -2.23. The average molecular weight is 396 g/mol. The third-order valence-corrected chi connectivity index (χ3v) is 4.59. The van der Waals surface area contributed by atoms with E-state index in [0.29, 0.717) is 22.0 Å². The molecule has 3 aromatic rings. The number of hydrogen-bond donors (Lipinski definition) is 1. The number of ether oxygens (including phenoxy) is 1. The Kier molecular flexibility index (Phi) is 6.50. The molecule has 1 heterocycles. The van der Waals surface area contributed by atoms with E-state index in [0.717, 1.165) is 18.8 Å². The summed E-state index contributed by atoms with van der Waals surface area (Å²) in [5, 5.41) is 3.36. The van der Waals surface area contributed by atoms with Crippen molar-refractivity contribution >= 4 is 28.9 Å². The molecule has 0 aliphatic heterocycles. The van der Waals surface area contributed by atoms with Crippen LogP contribution in [0.2, 0.25) is 5.02 Å². The van der Waals surface area contributed by atoms with Gasteiger partial charge >= 0.3 is 0 Å². The number of benzene rings is 2. The van der Waals surface area contributed by atoms with Crippen LogP contribution in [-0.2, 0) is 6.54 Å². The van der Waals surface area contributed by atoms with Crippen LogP contribution >= 0.6 is 11.6 Å². The van der Waals surface area contributed by atoms with E-state index >= 15 is 0 Å². The molecule has 0 radical (unpaired) electrons. The van der Waals surface area contributed by atoms with Gasteiger partial charge < -0.3 is 15.0 Å². The third-order valence-electron chi connectivity index (χ3n) is 4.36. The summed E-state index contributed by atoms with van der Waals surface area (Å²) in [4.78, 5) is 19.2. The Morgan fingerprint density at radius 3 is 2.64 bits per heavy atom. The number of nitrogens with one attached hydrogen (secondary N) is 1. The van der Waals surface area contributed by atoms with Crippen molar-refractivity contribution in [1.82, 2.24) is 4.98 Å². The van der Waals surface area contributed by atoms with Gasteiger partial charge in [-0.1, -0.05) is 41.9 Å². The predicted molar refractivity (Wildman–Crippen MR) is 113 cm³/mol. The summed E-state index contributed by atoms with van der Waals surface area (Å²) in [5.41, 5.74) is 3.06. The van der Waals surface area contributed by atoms with E-state index < -0.39 is 0 Å². The first kappa shape index (κ1) is 19.7. The Morgan fingerprint density at radius 2 is 1.93 bits per heavy atom. The zero-order valence-corrected chi connectivity index (χ0v) is 16.6. The second kappa shape index (κ2) is 9.24. The van der Waals surface area contributed by atoms with E-state index in [4.69, 9.17) is 16.3 Å². The average Bonchev–Trinajstić information content (AvgIpc) is 2.73. The standard InChI is InChI=1S/C22H22ClN3O2/c1-3-26(15-16-7-5-4-6-8-16)19-11-17(13-24-14-19)22(27)25-20-12-18(23)9-10-21(20)28-2/h4-14H,3,15H2,1-2H3,(H,25,27). The number of amides is 1. The van der Waals surface area contributed by atoms with Gasteiger partial charge in [0.1, 0.15) is 5.75 Å². The lowest BCUT2D eigenvalue weighted by atomic mass is 10.2. The molecular weight excluding hydrogens is 374 g/mol. The molecule has 0 unspecified atom stereocenters. The van der Waals surface area contributed by atoms with Gasteiger partial charge in [-0.2, -0.15) is 0 Å². The number of nitrogens with zero attached hydrogens (tertiary/aromatic N) is 2. The fourth-order valence-corrected chi connectivity index (χ4v) is 3.06. The molecule has 0 atom stereocenters. The number of pyridine rings is 1. The second-order valence-electron chi connectivity index (χ2n) is 6.23. The summed E-state index contributed by atoms with van der Waals surface area (Å²) in [6.45, 7) is 3.61. The quantitative estimate of drug-likeness (QED) is 0.610. The van der Waals surface area contributed by atoms with Crippen LogP contribution in [0.1, 0.15) is 22.8 Å². The number of aromatic nitrogens is 1. The van der Waals surface area contributed by atoms with Crippen molar-refractivity contribution in [3.05, 3.63) is 83.1 Å². The van der Waals surface area contributed by atoms with Gasteiger partial charge in [-0.3, -0.25) is 9.78 Å². The number of hydrogen-bond acceptors (Lipinski definition) is 4. The van der Waals surface area contributed by atoms with Crippen LogP contribution < -0.4 is 15.0 Å². The largest absolute Gasteiger partial charge is 0.495 e. The highest BCUT2D eigenvalue weighted by Gasteiger charge is 2.13. The summed E-state index contributed by atoms with van der Waals surface area (Å²) < 4.78 is 5.29. The highest BCUT2D eigenvalue weighted by Crippen LogP contribution is 2.28. The molecule has 144 valence electrons. The number of methoxy groups -OCH3 is 1. The fourth-order valence-electron chi connectivity index (χ4n) is 2.89. The minimum Gasteiger partial charge on any atom is -0.495 e. The van der Waals surface area contributed by atoms with E-state index in [-0.39, 0.29) is 5.91 Å². The maximum atomic E-state index is 12.7. The number of carbonyl (C=O) groups excluding carboxylic acids is 1. The van der Waals surface area contributed by atoms with Gasteiger partial charge in [-0.05, 0) is 36.8 Å². The van der Waals surface area contributed by atoms with Gasteiger partial charge in [-0.15, -0.1) is 0 Å². The first-order chi connectivity index (χ1) is 13.6. The van der Waals surface area contributed by atoms with Gasteiger partial charge in [0.05, 0.1) is 30.2 Å². The lowest BCUT2D eigenvalue weighted by Crippen LogP contribution is -2.23. The summed E-state index contributed by atoms with van der Waals surface area (Å²) in [5.74, 6) is 0.270. The lowest BCUT2D eigenvalue weighted by molar-refractivity contribution is 0.102. The molecule has 0 bridgehead atoms. The molecule has 1 N–H and O–H groups in total. The van der Waals surface area contributed by atoms with Crippen molar-refractivity contribution in [2.45, 2.75) is 13.5 Å². The first-order valence-corrected chi connectivity index (χ1v) is 9.37. The smallest absolute Gasteiger partial charge is 0.257 e. The summed E-state index contributed by atoms with van der Waals surface area (Å²) in [6.07, 6.45) is 3.31. The number of anilines is 2. The maximum absolute atomic E-state index is 12.7. The molecule has 0 aliphatic rings. The van der Waals surface area contributed by atoms with Crippen LogP contribution in [0.15, 0.2) is 67.0 Å². The Hall–Kier alpha value is -3.05. The third kappa shape index (κ3) is 4.81. The number of halogens is 1. The Morgan fingerprint density at radius 1 is 1.14 bits per heavy atom. The van der Waals surface area contributed by atoms with Gasteiger partial charge in [0.15, 0.2) is 0 Å². The molecule has 1 aromatic heterocycles.